The molecule has 0 unspecified atom stereocenters. The van der Waals surface area contributed by atoms with Crippen LogP contribution in [0.15, 0.2) is 12.2 Å². The Labute approximate surface area is 328 Å². The maximum atomic E-state index is 12.8. The van der Waals surface area contributed by atoms with Gasteiger partial charge in [0.15, 0.2) is 6.10 Å². The van der Waals surface area contributed by atoms with Crippen LogP contribution in [0.1, 0.15) is 240 Å². The highest BCUT2D eigenvalue weighted by Crippen LogP contribution is 2.20. The molecule has 0 saturated carbocycles. The molecule has 53 heavy (non-hydrogen) atoms. The van der Waals surface area contributed by atoms with Gasteiger partial charge in [-0.15, -0.1) is 0 Å². The maximum Gasteiger partial charge on any atom is 0.303 e. The van der Waals surface area contributed by atoms with Gasteiger partial charge >= 0.3 is 11.9 Å². The van der Waals surface area contributed by atoms with Gasteiger partial charge in [0.2, 0.25) is 5.91 Å². The molecule has 7 heteroatoms. The molecule has 0 heterocycles. The number of nitrogens with one attached hydrogen (secondary N) is 1. The number of carbonyl (C=O) groups excluding carboxylic acids is 3. The van der Waals surface area contributed by atoms with Crippen LogP contribution in [-0.4, -0.2) is 47.8 Å². The molecule has 0 radical (unpaired) electrons. The van der Waals surface area contributed by atoms with E-state index >= 15 is 0 Å². The Balaban J connectivity index is 4.19. The highest BCUT2D eigenvalue weighted by atomic mass is 16.6. The zero-order chi connectivity index (χ0) is 39.0. The number of amides is 1. The molecule has 0 aromatic carbocycles. The van der Waals surface area contributed by atoms with Gasteiger partial charge in [-0.05, 0) is 44.9 Å². The average Bonchev–Trinajstić information content (AvgIpc) is 3.13. The minimum absolute atomic E-state index is 0.179. The standard InChI is InChI=1S/C46H87NO6/c1-5-7-9-11-13-15-17-19-20-21-22-23-24-25-26-27-29-31-33-35-37-39-45(51)47-43(40-48)46(53-42(4)50)44(52-41(3)49)38-36-34-32-30-28-18-16-14-12-10-8-6-2/h19-20,43-44,46,48H,5-18,21-40H2,1-4H3,(H,47,51)/b20-19+/t43-,44+,46-/m0/s1. The number of ether oxygens (including phenoxy) is 2. The number of esters is 2. The lowest BCUT2D eigenvalue weighted by atomic mass is 9.98. The van der Waals surface area contributed by atoms with E-state index in [0.29, 0.717) is 12.8 Å². The molecular formula is C46H87NO6. The zero-order valence-corrected chi connectivity index (χ0v) is 35.4. The monoisotopic (exact) mass is 750 g/mol. The third-order valence-corrected chi connectivity index (χ3v) is 10.4. The third-order valence-electron chi connectivity index (χ3n) is 10.4. The van der Waals surface area contributed by atoms with E-state index in [1.807, 2.05) is 0 Å². The summed E-state index contributed by atoms with van der Waals surface area (Å²) in [6, 6.07) is -0.834. The van der Waals surface area contributed by atoms with Crippen LogP contribution >= 0.6 is 0 Å². The Hall–Kier alpha value is -1.89. The fourth-order valence-corrected chi connectivity index (χ4v) is 7.23. The fraction of sp³-hybridized carbons (Fsp3) is 0.891. The number of aliphatic hydroxyl groups excluding tert-OH is 1. The first-order chi connectivity index (χ1) is 25.8. The van der Waals surface area contributed by atoms with Crippen LogP contribution in [-0.2, 0) is 23.9 Å². The third kappa shape index (κ3) is 35.6. The molecule has 0 aromatic heterocycles. The first kappa shape index (κ1) is 51.1. The van der Waals surface area contributed by atoms with Crippen LogP contribution in [0.4, 0.5) is 0 Å². The van der Waals surface area contributed by atoms with Gasteiger partial charge in [-0.2, -0.15) is 0 Å². The van der Waals surface area contributed by atoms with E-state index in [0.717, 1.165) is 38.5 Å². The molecule has 0 aromatic rings. The number of aliphatic hydroxyl groups is 1. The number of allylic oxidation sites excluding steroid dienone is 2. The summed E-state index contributed by atoms with van der Waals surface area (Å²) < 4.78 is 11.2. The Morgan fingerprint density at radius 1 is 0.509 bits per heavy atom. The van der Waals surface area contributed by atoms with Gasteiger partial charge in [0.1, 0.15) is 6.10 Å². The van der Waals surface area contributed by atoms with Crippen LogP contribution in [0.3, 0.4) is 0 Å². The lowest BCUT2D eigenvalue weighted by molar-refractivity contribution is -0.170. The molecule has 0 aliphatic heterocycles. The number of unbranched alkanes of at least 4 members (excludes halogenated alkanes) is 28. The van der Waals surface area contributed by atoms with Gasteiger partial charge in [-0.25, -0.2) is 0 Å². The molecule has 0 spiro atoms. The molecule has 1 amide bonds. The van der Waals surface area contributed by atoms with E-state index < -0.39 is 36.8 Å². The highest BCUT2D eigenvalue weighted by Gasteiger charge is 2.35. The smallest absolute Gasteiger partial charge is 0.303 e. The van der Waals surface area contributed by atoms with E-state index in [4.69, 9.17) is 9.47 Å². The number of carbonyl (C=O) groups is 3. The lowest BCUT2D eigenvalue weighted by Gasteiger charge is -2.32. The van der Waals surface area contributed by atoms with Crippen molar-refractivity contribution in [2.24, 2.45) is 0 Å². The summed E-state index contributed by atoms with van der Waals surface area (Å²) in [5, 5.41) is 13.1. The van der Waals surface area contributed by atoms with Crippen molar-refractivity contribution in [1.29, 1.82) is 0 Å². The van der Waals surface area contributed by atoms with Crippen molar-refractivity contribution in [3.8, 4) is 0 Å². The quantitative estimate of drug-likeness (QED) is 0.0367. The Kier molecular flexibility index (Phi) is 38.4. The van der Waals surface area contributed by atoms with Gasteiger partial charge in [-0.3, -0.25) is 14.4 Å². The largest absolute Gasteiger partial charge is 0.459 e. The SMILES string of the molecule is CCCCCCCC/C=C/CCCCCCCCCCCCCC(=O)N[C@@H](CO)[C@H](OC(C)=O)[C@@H](CCCCCCCCCCCCCC)OC(C)=O. The van der Waals surface area contributed by atoms with Crippen molar-refractivity contribution in [3.05, 3.63) is 12.2 Å². The van der Waals surface area contributed by atoms with E-state index in [2.05, 4.69) is 31.3 Å². The summed E-state index contributed by atoms with van der Waals surface area (Å²) in [6.45, 7) is 6.75. The van der Waals surface area contributed by atoms with Crippen molar-refractivity contribution in [1.82, 2.24) is 5.32 Å². The molecule has 312 valence electrons. The van der Waals surface area contributed by atoms with Crippen LogP contribution in [0.25, 0.3) is 0 Å². The van der Waals surface area contributed by atoms with Crippen molar-refractivity contribution < 1.29 is 29.0 Å². The molecule has 7 nitrogen and oxygen atoms in total. The van der Waals surface area contributed by atoms with Crippen LogP contribution in [0.2, 0.25) is 0 Å². The average molecular weight is 750 g/mol. The molecule has 3 atom stereocenters. The van der Waals surface area contributed by atoms with Crippen molar-refractivity contribution >= 4 is 17.8 Å². The molecule has 0 saturated heterocycles. The Morgan fingerprint density at radius 3 is 1.25 bits per heavy atom. The minimum Gasteiger partial charge on any atom is -0.459 e. The van der Waals surface area contributed by atoms with E-state index in [1.165, 1.54) is 174 Å². The predicted molar refractivity (Wildman–Crippen MR) is 223 cm³/mol. The van der Waals surface area contributed by atoms with Gasteiger partial charge in [0.05, 0.1) is 12.6 Å². The summed E-state index contributed by atoms with van der Waals surface area (Å²) in [6.07, 6.45) is 42.6. The summed E-state index contributed by atoms with van der Waals surface area (Å²) in [7, 11) is 0. The maximum absolute atomic E-state index is 12.8. The highest BCUT2D eigenvalue weighted by molar-refractivity contribution is 5.76. The van der Waals surface area contributed by atoms with Crippen molar-refractivity contribution in [3.63, 3.8) is 0 Å². The van der Waals surface area contributed by atoms with E-state index in [9.17, 15) is 19.5 Å². The fourth-order valence-electron chi connectivity index (χ4n) is 7.23. The number of rotatable bonds is 40. The molecule has 0 rings (SSSR count). The second-order valence-corrected chi connectivity index (χ2v) is 15.7. The first-order valence-electron chi connectivity index (χ1n) is 22.7. The summed E-state index contributed by atoms with van der Waals surface area (Å²) in [4.78, 5) is 36.9. The molecule has 2 N–H and O–H groups in total. The lowest BCUT2D eigenvalue weighted by Crippen LogP contribution is -2.53. The normalized spacial score (nSPS) is 13.2. The Bertz CT molecular complexity index is 861. The second-order valence-electron chi connectivity index (χ2n) is 15.7. The summed E-state index contributed by atoms with van der Waals surface area (Å²) in [5.74, 6) is -1.18. The first-order valence-corrected chi connectivity index (χ1v) is 22.7. The zero-order valence-electron chi connectivity index (χ0n) is 35.4. The van der Waals surface area contributed by atoms with E-state index in [1.54, 1.807) is 0 Å². The molecular weight excluding hydrogens is 663 g/mol. The molecule has 0 aliphatic rings. The van der Waals surface area contributed by atoms with Gasteiger partial charge < -0.3 is 19.9 Å². The predicted octanol–water partition coefficient (Wildman–Crippen LogP) is 12.8. The van der Waals surface area contributed by atoms with Crippen molar-refractivity contribution in [2.45, 2.75) is 258 Å². The molecule has 0 bridgehead atoms. The molecule has 0 aliphatic carbocycles. The summed E-state index contributed by atoms with van der Waals surface area (Å²) in [5.41, 5.74) is 0. The van der Waals surface area contributed by atoms with Crippen LogP contribution in [0, 0.1) is 0 Å². The van der Waals surface area contributed by atoms with Crippen LogP contribution < -0.4 is 5.32 Å². The van der Waals surface area contributed by atoms with Gasteiger partial charge in [0.25, 0.3) is 0 Å². The number of hydrogen-bond acceptors (Lipinski definition) is 6. The summed E-state index contributed by atoms with van der Waals surface area (Å²) >= 11 is 0. The molecule has 0 fully saturated rings. The Morgan fingerprint density at radius 2 is 0.868 bits per heavy atom. The second kappa shape index (κ2) is 39.8. The topological polar surface area (TPSA) is 102 Å². The van der Waals surface area contributed by atoms with E-state index in [-0.39, 0.29) is 5.91 Å². The number of hydrogen-bond donors (Lipinski definition) is 2. The van der Waals surface area contributed by atoms with Crippen molar-refractivity contribution in [2.75, 3.05) is 6.61 Å². The van der Waals surface area contributed by atoms with Gasteiger partial charge in [-0.1, -0.05) is 187 Å². The van der Waals surface area contributed by atoms with Crippen LogP contribution in [0.5, 0.6) is 0 Å². The van der Waals surface area contributed by atoms with Gasteiger partial charge in [0, 0.05) is 20.3 Å². The minimum atomic E-state index is -0.936.